The highest BCUT2D eigenvalue weighted by Gasteiger charge is 2.20. The van der Waals surface area contributed by atoms with E-state index in [2.05, 4.69) is 4.98 Å². The topological polar surface area (TPSA) is 79.7 Å². The molecule has 2 N–H and O–H groups in total. The fourth-order valence-electron chi connectivity index (χ4n) is 3.05. The molecule has 0 saturated heterocycles. The van der Waals surface area contributed by atoms with Gasteiger partial charge in [0.2, 0.25) is 5.88 Å². The first-order valence-electron chi connectivity index (χ1n) is 8.55. The van der Waals surface area contributed by atoms with Crippen LogP contribution < -0.4 is 4.74 Å². The number of hydrogen-bond donors (Lipinski definition) is 2. The molecule has 1 aromatic heterocycles. The molecule has 0 fully saturated rings. The van der Waals surface area contributed by atoms with Crippen molar-refractivity contribution in [2.24, 2.45) is 0 Å². The Hall–Kier alpha value is -3.15. The van der Waals surface area contributed by atoms with Gasteiger partial charge in [-0.25, -0.2) is 14.2 Å². The number of carbonyl (C=O) groups is 1. The van der Waals surface area contributed by atoms with E-state index in [0.29, 0.717) is 16.6 Å². The van der Waals surface area contributed by atoms with Gasteiger partial charge in [0.1, 0.15) is 11.6 Å². The number of carboxylic acids is 1. The smallest absolute Gasteiger partial charge is 0.341 e. The van der Waals surface area contributed by atoms with Crippen LogP contribution in [0.5, 0.6) is 11.6 Å². The molecule has 0 atom stereocenters. The maximum atomic E-state index is 13.8. The SMILES string of the molecule is Cc1cc(-c2c(C(C)C)nc(OCC(=O)O)c3cc(O)ccc23)ccc1F. The van der Waals surface area contributed by atoms with Gasteiger partial charge in [-0.3, -0.25) is 0 Å². The number of phenols is 1. The van der Waals surface area contributed by atoms with Crippen LogP contribution in [0.1, 0.15) is 31.0 Å². The van der Waals surface area contributed by atoms with Gasteiger partial charge in [0.25, 0.3) is 0 Å². The van der Waals surface area contributed by atoms with Crippen LogP contribution in [0.2, 0.25) is 0 Å². The number of aromatic hydroxyl groups is 1. The predicted molar refractivity (Wildman–Crippen MR) is 101 cm³/mol. The van der Waals surface area contributed by atoms with E-state index in [1.54, 1.807) is 31.2 Å². The summed E-state index contributed by atoms with van der Waals surface area (Å²) < 4.78 is 19.1. The highest BCUT2D eigenvalue weighted by molar-refractivity contribution is 6.01. The minimum Gasteiger partial charge on any atom is -0.508 e. The molecule has 0 bridgehead atoms. The molecule has 0 aliphatic heterocycles. The molecule has 6 heteroatoms. The van der Waals surface area contributed by atoms with Crippen molar-refractivity contribution in [3.05, 3.63) is 53.5 Å². The van der Waals surface area contributed by atoms with Crippen LogP contribution >= 0.6 is 0 Å². The number of fused-ring (bicyclic) bond motifs is 1. The number of carboxylic acid groups (broad SMARTS) is 1. The summed E-state index contributed by atoms with van der Waals surface area (Å²) in [4.78, 5) is 15.5. The number of aryl methyl sites for hydroxylation is 1. The maximum Gasteiger partial charge on any atom is 0.341 e. The van der Waals surface area contributed by atoms with Gasteiger partial charge in [-0.05, 0) is 59.7 Å². The quantitative estimate of drug-likeness (QED) is 0.685. The van der Waals surface area contributed by atoms with Gasteiger partial charge in [0.15, 0.2) is 6.61 Å². The molecule has 27 heavy (non-hydrogen) atoms. The highest BCUT2D eigenvalue weighted by atomic mass is 19.1. The highest BCUT2D eigenvalue weighted by Crippen LogP contribution is 2.40. The molecule has 0 spiro atoms. The average Bonchev–Trinajstić information content (AvgIpc) is 2.61. The first-order chi connectivity index (χ1) is 12.8. The van der Waals surface area contributed by atoms with Gasteiger partial charge in [0.05, 0.1) is 5.69 Å². The molecule has 140 valence electrons. The summed E-state index contributed by atoms with van der Waals surface area (Å²) in [5.74, 6) is -1.23. The Morgan fingerprint density at radius 1 is 1.19 bits per heavy atom. The fraction of sp³-hybridized carbons (Fsp3) is 0.238. The summed E-state index contributed by atoms with van der Waals surface area (Å²) in [5.41, 5.74) is 2.83. The molecule has 2 aromatic carbocycles. The third-order valence-corrected chi connectivity index (χ3v) is 4.31. The molecule has 0 unspecified atom stereocenters. The van der Waals surface area contributed by atoms with E-state index in [1.807, 2.05) is 13.8 Å². The van der Waals surface area contributed by atoms with Crippen molar-refractivity contribution in [3.8, 4) is 22.8 Å². The normalized spacial score (nSPS) is 11.1. The standard InChI is InChI=1S/C21H20FNO4/c1-11(2)20-19(13-4-7-17(22)12(3)8-13)15-6-5-14(24)9-16(15)21(23-20)27-10-18(25)26/h4-9,11,24H,10H2,1-3H3,(H,25,26). The molecule has 1 heterocycles. The van der Waals surface area contributed by atoms with E-state index >= 15 is 0 Å². The Morgan fingerprint density at radius 2 is 1.93 bits per heavy atom. The number of pyridine rings is 1. The van der Waals surface area contributed by atoms with E-state index < -0.39 is 12.6 Å². The first kappa shape index (κ1) is 18.6. The molecule has 0 saturated carbocycles. The third-order valence-electron chi connectivity index (χ3n) is 4.31. The zero-order chi connectivity index (χ0) is 19.7. The van der Waals surface area contributed by atoms with E-state index in [1.165, 1.54) is 12.1 Å². The van der Waals surface area contributed by atoms with Crippen molar-refractivity contribution in [1.82, 2.24) is 4.98 Å². The van der Waals surface area contributed by atoms with Crippen molar-refractivity contribution in [1.29, 1.82) is 0 Å². The number of ether oxygens (including phenoxy) is 1. The first-order valence-corrected chi connectivity index (χ1v) is 8.55. The summed E-state index contributed by atoms with van der Waals surface area (Å²) in [6, 6.07) is 9.63. The maximum absolute atomic E-state index is 13.8. The van der Waals surface area contributed by atoms with E-state index in [9.17, 15) is 14.3 Å². The summed E-state index contributed by atoms with van der Waals surface area (Å²) in [7, 11) is 0. The van der Waals surface area contributed by atoms with Gasteiger partial charge in [-0.1, -0.05) is 19.9 Å². The lowest BCUT2D eigenvalue weighted by atomic mass is 9.92. The Bertz CT molecular complexity index is 1030. The molecule has 3 aromatic rings. The predicted octanol–water partition coefficient (Wildman–Crippen LogP) is 4.64. The number of benzene rings is 2. The van der Waals surface area contributed by atoms with Crippen LogP contribution in [0.15, 0.2) is 36.4 Å². The van der Waals surface area contributed by atoms with Crippen LogP contribution in [-0.4, -0.2) is 27.8 Å². The lowest BCUT2D eigenvalue weighted by Crippen LogP contribution is -2.12. The minimum absolute atomic E-state index is 0.00994. The van der Waals surface area contributed by atoms with Crippen LogP contribution in [-0.2, 0) is 4.79 Å². The summed E-state index contributed by atoms with van der Waals surface area (Å²) in [6.45, 7) is 5.09. The average molecular weight is 369 g/mol. The van der Waals surface area contributed by atoms with Gasteiger partial charge < -0.3 is 14.9 Å². The molecular formula is C21H20FNO4. The molecular weight excluding hydrogens is 349 g/mol. The van der Waals surface area contributed by atoms with E-state index in [-0.39, 0.29) is 23.4 Å². The second-order valence-electron chi connectivity index (χ2n) is 6.71. The van der Waals surface area contributed by atoms with Crippen LogP contribution in [0.4, 0.5) is 4.39 Å². The number of rotatable bonds is 5. The Balaban J connectivity index is 2.34. The number of halogens is 1. The molecule has 0 amide bonds. The van der Waals surface area contributed by atoms with Gasteiger partial charge in [-0.15, -0.1) is 0 Å². The van der Waals surface area contributed by atoms with Crippen molar-refractivity contribution in [3.63, 3.8) is 0 Å². The van der Waals surface area contributed by atoms with Crippen molar-refractivity contribution in [2.45, 2.75) is 26.7 Å². The lowest BCUT2D eigenvalue weighted by molar-refractivity contribution is -0.139. The van der Waals surface area contributed by atoms with Crippen LogP contribution in [0.3, 0.4) is 0 Å². The number of nitrogens with zero attached hydrogens (tertiary/aromatic N) is 1. The zero-order valence-electron chi connectivity index (χ0n) is 15.3. The summed E-state index contributed by atoms with van der Waals surface area (Å²) in [5, 5.41) is 20.1. The Labute approximate surface area is 156 Å². The molecule has 0 radical (unpaired) electrons. The van der Waals surface area contributed by atoms with Gasteiger partial charge in [-0.2, -0.15) is 0 Å². The van der Waals surface area contributed by atoms with Crippen molar-refractivity contribution >= 4 is 16.7 Å². The van der Waals surface area contributed by atoms with Crippen LogP contribution in [0.25, 0.3) is 21.9 Å². The fourth-order valence-corrected chi connectivity index (χ4v) is 3.05. The van der Waals surface area contributed by atoms with Gasteiger partial charge in [0, 0.05) is 10.9 Å². The molecule has 0 aliphatic rings. The Kier molecular flexibility index (Phi) is 4.99. The van der Waals surface area contributed by atoms with E-state index in [4.69, 9.17) is 9.84 Å². The second-order valence-corrected chi connectivity index (χ2v) is 6.71. The summed E-state index contributed by atoms with van der Waals surface area (Å²) in [6.07, 6.45) is 0. The van der Waals surface area contributed by atoms with Crippen molar-refractivity contribution in [2.75, 3.05) is 6.61 Å². The minimum atomic E-state index is -1.12. The number of hydrogen-bond acceptors (Lipinski definition) is 4. The van der Waals surface area contributed by atoms with Gasteiger partial charge >= 0.3 is 5.97 Å². The van der Waals surface area contributed by atoms with E-state index in [0.717, 1.165) is 16.5 Å². The molecule has 3 rings (SSSR count). The van der Waals surface area contributed by atoms with Crippen LogP contribution in [0, 0.1) is 12.7 Å². The number of aliphatic carboxylic acids is 1. The zero-order valence-corrected chi connectivity index (χ0v) is 15.3. The summed E-state index contributed by atoms with van der Waals surface area (Å²) >= 11 is 0. The number of aromatic nitrogens is 1. The number of phenolic OH excluding ortho intramolecular Hbond substituents is 1. The van der Waals surface area contributed by atoms with Crippen molar-refractivity contribution < 1.29 is 24.1 Å². The monoisotopic (exact) mass is 369 g/mol. The third kappa shape index (κ3) is 3.69. The largest absolute Gasteiger partial charge is 0.508 e. The lowest BCUT2D eigenvalue weighted by Gasteiger charge is -2.18. The second kappa shape index (κ2) is 7.23. The Morgan fingerprint density at radius 3 is 2.56 bits per heavy atom. The molecule has 5 nitrogen and oxygen atoms in total. The molecule has 0 aliphatic carbocycles.